The van der Waals surface area contributed by atoms with Crippen molar-refractivity contribution in [1.29, 1.82) is 0 Å². The Morgan fingerprint density at radius 3 is 2.76 bits per heavy atom. The number of nitro groups is 1. The van der Waals surface area contributed by atoms with E-state index in [-0.39, 0.29) is 5.69 Å². The molecule has 1 heterocycles. The number of rotatable bonds is 7. The highest BCUT2D eigenvalue weighted by Crippen LogP contribution is 2.26. The molecule has 0 aliphatic rings. The molecule has 1 aromatic heterocycles. The second-order valence-electron chi connectivity index (χ2n) is 4.64. The molecule has 0 aliphatic heterocycles. The fraction of sp³-hybridized carbons (Fsp3) is 0.286. The van der Waals surface area contributed by atoms with Crippen LogP contribution in [0, 0.1) is 10.1 Å². The first-order valence-electron chi connectivity index (χ1n) is 6.56. The van der Waals surface area contributed by atoms with Crippen molar-refractivity contribution in [1.82, 2.24) is 9.88 Å². The van der Waals surface area contributed by atoms with Crippen LogP contribution in [-0.2, 0) is 13.6 Å². The molecule has 0 saturated heterocycles. The number of aryl methyl sites for hydroxylation is 1. The number of non-ortho nitro benzene ring substituents is 1. The van der Waals surface area contributed by atoms with Gasteiger partial charge in [0.25, 0.3) is 5.69 Å². The molecular weight excluding hydrogens is 292 g/mol. The fourth-order valence-corrected chi connectivity index (χ4v) is 2.18. The van der Waals surface area contributed by atoms with E-state index >= 15 is 0 Å². The van der Waals surface area contributed by atoms with E-state index in [1.165, 1.54) is 17.8 Å². The molecule has 0 unspecified atom stereocenters. The number of anilines is 1. The highest BCUT2D eigenvalue weighted by Gasteiger charge is 2.08. The van der Waals surface area contributed by atoms with E-state index in [0.717, 1.165) is 13.1 Å². The molecule has 0 bridgehead atoms. The van der Waals surface area contributed by atoms with Gasteiger partial charge < -0.3 is 15.2 Å². The van der Waals surface area contributed by atoms with E-state index in [1.807, 2.05) is 19.3 Å². The van der Waals surface area contributed by atoms with Crippen LogP contribution in [0.25, 0.3) is 0 Å². The summed E-state index contributed by atoms with van der Waals surface area (Å²) in [4.78, 5) is 10.2. The van der Waals surface area contributed by atoms with Gasteiger partial charge in [-0.3, -0.25) is 10.1 Å². The quantitative estimate of drug-likeness (QED) is 0.469. The van der Waals surface area contributed by atoms with Gasteiger partial charge in [-0.15, -0.1) is 0 Å². The third-order valence-electron chi connectivity index (χ3n) is 3.14. The number of hydrogen-bond donors (Lipinski definition) is 2. The van der Waals surface area contributed by atoms with Crippen molar-refractivity contribution < 1.29 is 4.92 Å². The SMILES string of the molecule is Cn1cccc1CNCCNc1ccc([N+](=O)[O-])cc1Cl. The first-order chi connectivity index (χ1) is 10.1. The van der Waals surface area contributed by atoms with Crippen molar-refractivity contribution in [3.05, 3.63) is 57.4 Å². The Morgan fingerprint density at radius 1 is 1.33 bits per heavy atom. The van der Waals surface area contributed by atoms with Crippen LogP contribution in [0.2, 0.25) is 5.02 Å². The monoisotopic (exact) mass is 308 g/mol. The van der Waals surface area contributed by atoms with E-state index in [1.54, 1.807) is 6.07 Å². The summed E-state index contributed by atoms with van der Waals surface area (Å²) in [5.41, 5.74) is 1.90. The van der Waals surface area contributed by atoms with Crippen molar-refractivity contribution in [3.8, 4) is 0 Å². The van der Waals surface area contributed by atoms with Crippen LogP contribution in [0.4, 0.5) is 11.4 Å². The maximum Gasteiger partial charge on any atom is 0.271 e. The zero-order valence-electron chi connectivity index (χ0n) is 11.7. The van der Waals surface area contributed by atoms with Crippen LogP contribution in [0.5, 0.6) is 0 Å². The molecule has 2 rings (SSSR count). The molecule has 0 spiro atoms. The van der Waals surface area contributed by atoms with E-state index in [4.69, 9.17) is 11.6 Å². The molecule has 0 aliphatic carbocycles. The molecule has 0 fully saturated rings. The third-order valence-corrected chi connectivity index (χ3v) is 3.45. The van der Waals surface area contributed by atoms with Gasteiger partial charge in [0.1, 0.15) is 0 Å². The zero-order valence-corrected chi connectivity index (χ0v) is 12.4. The number of aromatic nitrogens is 1. The van der Waals surface area contributed by atoms with E-state index in [9.17, 15) is 10.1 Å². The molecule has 0 atom stereocenters. The number of halogens is 1. The average Bonchev–Trinajstić information content (AvgIpc) is 2.85. The lowest BCUT2D eigenvalue weighted by molar-refractivity contribution is -0.384. The summed E-state index contributed by atoms with van der Waals surface area (Å²) in [6.07, 6.45) is 2.01. The number of nitro benzene ring substituents is 1. The molecule has 2 aromatic rings. The van der Waals surface area contributed by atoms with Crippen molar-refractivity contribution in [3.63, 3.8) is 0 Å². The van der Waals surface area contributed by atoms with Crippen molar-refractivity contribution in [2.45, 2.75) is 6.54 Å². The van der Waals surface area contributed by atoms with Gasteiger partial charge in [-0.25, -0.2) is 0 Å². The first kappa shape index (κ1) is 15.3. The minimum Gasteiger partial charge on any atom is -0.383 e. The van der Waals surface area contributed by atoms with Gasteiger partial charge in [0.15, 0.2) is 0 Å². The Labute approximate surface area is 127 Å². The van der Waals surface area contributed by atoms with E-state index in [2.05, 4.69) is 21.3 Å². The largest absolute Gasteiger partial charge is 0.383 e. The number of nitrogens with one attached hydrogen (secondary N) is 2. The predicted octanol–water partition coefficient (Wildman–Crippen LogP) is 2.79. The topological polar surface area (TPSA) is 72.1 Å². The van der Waals surface area contributed by atoms with Crippen LogP contribution in [0.3, 0.4) is 0 Å². The van der Waals surface area contributed by atoms with Crippen molar-refractivity contribution in [2.24, 2.45) is 7.05 Å². The van der Waals surface area contributed by atoms with Gasteiger partial charge in [-0.05, 0) is 18.2 Å². The van der Waals surface area contributed by atoms with Gasteiger partial charge in [-0.2, -0.15) is 0 Å². The minimum atomic E-state index is -0.461. The van der Waals surface area contributed by atoms with E-state index < -0.39 is 4.92 Å². The molecule has 112 valence electrons. The average molecular weight is 309 g/mol. The summed E-state index contributed by atoms with van der Waals surface area (Å²) in [7, 11) is 2.01. The lowest BCUT2D eigenvalue weighted by Crippen LogP contribution is -2.22. The maximum atomic E-state index is 10.6. The Kier molecular flexibility index (Phi) is 5.19. The maximum absolute atomic E-state index is 10.6. The molecule has 0 radical (unpaired) electrons. The summed E-state index contributed by atoms with van der Waals surface area (Å²) in [5, 5.41) is 17.4. The third kappa shape index (κ3) is 4.21. The van der Waals surface area contributed by atoms with E-state index in [0.29, 0.717) is 17.3 Å². The number of hydrogen-bond acceptors (Lipinski definition) is 4. The Morgan fingerprint density at radius 2 is 2.14 bits per heavy atom. The smallest absolute Gasteiger partial charge is 0.271 e. The second kappa shape index (κ2) is 7.10. The molecule has 7 heteroatoms. The first-order valence-corrected chi connectivity index (χ1v) is 6.94. The van der Waals surface area contributed by atoms with Crippen molar-refractivity contribution in [2.75, 3.05) is 18.4 Å². The van der Waals surface area contributed by atoms with Crippen LogP contribution in [-0.4, -0.2) is 22.6 Å². The highest BCUT2D eigenvalue weighted by molar-refractivity contribution is 6.33. The lowest BCUT2D eigenvalue weighted by Gasteiger charge is -2.09. The van der Waals surface area contributed by atoms with Gasteiger partial charge in [-0.1, -0.05) is 11.6 Å². The zero-order chi connectivity index (χ0) is 15.2. The molecule has 1 aromatic carbocycles. The van der Waals surface area contributed by atoms with Gasteiger partial charge >= 0.3 is 0 Å². The Hall–Kier alpha value is -2.05. The fourth-order valence-electron chi connectivity index (χ4n) is 1.94. The molecule has 21 heavy (non-hydrogen) atoms. The number of benzene rings is 1. The Bertz CT molecular complexity index is 627. The van der Waals surface area contributed by atoms with Gasteiger partial charge in [0, 0.05) is 50.7 Å². The summed E-state index contributed by atoms with van der Waals surface area (Å²) in [6.45, 7) is 2.24. The molecule has 0 amide bonds. The molecule has 0 saturated carbocycles. The van der Waals surface area contributed by atoms with Gasteiger partial charge in [0.05, 0.1) is 15.6 Å². The summed E-state index contributed by atoms with van der Waals surface area (Å²) < 4.78 is 2.06. The Balaban J connectivity index is 1.76. The van der Waals surface area contributed by atoms with Crippen LogP contribution in [0.15, 0.2) is 36.5 Å². The lowest BCUT2D eigenvalue weighted by atomic mass is 10.3. The van der Waals surface area contributed by atoms with Gasteiger partial charge in [0.2, 0.25) is 0 Å². The summed E-state index contributed by atoms with van der Waals surface area (Å²) in [6, 6.07) is 8.48. The van der Waals surface area contributed by atoms with Crippen molar-refractivity contribution >= 4 is 23.0 Å². The highest BCUT2D eigenvalue weighted by atomic mass is 35.5. The molecule has 2 N–H and O–H groups in total. The van der Waals surface area contributed by atoms with Crippen LogP contribution < -0.4 is 10.6 Å². The number of nitrogens with zero attached hydrogens (tertiary/aromatic N) is 2. The normalized spacial score (nSPS) is 10.6. The molecule has 6 nitrogen and oxygen atoms in total. The summed E-state index contributed by atoms with van der Waals surface area (Å²) >= 11 is 6.00. The predicted molar refractivity (Wildman–Crippen MR) is 83.7 cm³/mol. The van der Waals surface area contributed by atoms with Crippen LogP contribution in [0.1, 0.15) is 5.69 Å². The molecular formula is C14H17ClN4O2. The van der Waals surface area contributed by atoms with Crippen LogP contribution >= 0.6 is 11.6 Å². The summed E-state index contributed by atoms with van der Waals surface area (Å²) in [5.74, 6) is 0. The standard InChI is InChI=1S/C14H17ClN4O2/c1-18-8-2-3-12(18)10-16-6-7-17-14-5-4-11(19(20)21)9-13(14)15/h2-5,8-9,16-17H,6-7,10H2,1H3. The minimum absolute atomic E-state index is 0.00705. The second-order valence-corrected chi connectivity index (χ2v) is 5.04.